The normalized spacial score (nSPS) is 31.5. The van der Waals surface area contributed by atoms with Gasteiger partial charge in [-0.1, -0.05) is 33.1 Å². The maximum Gasteiger partial charge on any atom is 0.0249 e. The van der Waals surface area contributed by atoms with Gasteiger partial charge in [0.25, 0.3) is 0 Å². The van der Waals surface area contributed by atoms with Crippen molar-refractivity contribution >= 4 is 0 Å². The maximum atomic E-state index is 3.83. The van der Waals surface area contributed by atoms with Crippen molar-refractivity contribution in [3.05, 3.63) is 0 Å². The summed E-state index contributed by atoms with van der Waals surface area (Å²) in [6, 6.07) is 1.53. The molecule has 3 unspecified atom stereocenters. The minimum Gasteiger partial charge on any atom is -0.312 e. The molecule has 0 heterocycles. The molecule has 2 aliphatic rings. The predicted octanol–water partition coefficient (Wildman–Crippen LogP) is 4.06. The zero-order chi connectivity index (χ0) is 14.4. The second kappa shape index (κ2) is 8.38. The number of nitrogens with one attached hydrogen (secondary N) is 1. The summed E-state index contributed by atoms with van der Waals surface area (Å²) in [6.45, 7) is 7.15. The SMILES string of the molecule is CCCNC1CCC(CCC)CC1N(C)CC1CCC1. The van der Waals surface area contributed by atoms with Crippen molar-refractivity contribution in [3.63, 3.8) is 0 Å². The first-order valence-electron chi connectivity index (χ1n) is 9.18. The molecular weight excluding hydrogens is 244 g/mol. The summed E-state index contributed by atoms with van der Waals surface area (Å²) in [5.74, 6) is 1.98. The third kappa shape index (κ3) is 4.46. The largest absolute Gasteiger partial charge is 0.312 e. The second-order valence-electron chi connectivity index (χ2n) is 7.33. The minimum absolute atomic E-state index is 0.744. The molecule has 118 valence electrons. The highest BCUT2D eigenvalue weighted by Gasteiger charge is 2.33. The summed E-state index contributed by atoms with van der Waals surface area (Å²) in [7, 11) is 2.39. The fourth-order valence-electron chi connectivity index (χ4n) is 4.17. The molecule has 0 saturated heterocycles. The van der Waals surface area contributed by atoms with Gasteiger partial charge in [-0.3, -0.25) is 0 Å². The molecule has 0 amide bonds. The van der Waals surface area contributed by atoms with E-state index in [0.717, 1.165) is 23.9 Å². The molecule has 0 bridgehead atoms. The lowest BCUT2D eigenvalue weighted by Gasteiger charge is -2.44. The lowest BCUT2D eigenvalue weighted by atomic mass is 9.78. The van der Waals surface area contributed by atoms with E-state index in [1.807, 2.05) is 0 Å². The van der Waals surface area contributed by atoms with E-state index in [-0.39, 0.29) is 0 Å². The molecular formula is C18H36N2. The molecule has 2 fully saturated rings. The Labute approximate surface area is 126 Å². The van der Waals surface area contributed by atoms with Gasteiger partial charge in [-0.25, -0.2) is 0 Å². The predicted molar refractivity (Wildman–Crippen MR) is 88.1 cm³/mol. The van der Waals surface area contributed by atoms with Crippen LogP contribution < -0.4 is 5.32 Å². The minimum atomic E-state index is 0.744. The zero-order valence-electron chi connectivity index (χ0n) is 14.0. The molecule has 0 aromatic carbocycles. The van der Waals surface area contributed by atoms with Gasteiger partial charge in [0, 0.05) is 18.6 Å². The van der Waals surface area contributed by atoms with Crippen LogP contribution in [-0.2, 0) is 0 Å². The lowest BCUT2D eigenvalue weighted by Crippen LogP contribution is -2.53. The van der Waals surface area contributed by atoms with Crippen molar-refractivity contribution in [1.82, 2.24) is 10.2 Å². The average molecular weight is 280 g/mol. The van der Waals surface area contributed by atoms with Crippen molar-refractivity contribution in [1.29, 1.82) is 0 Å². The van der Waals surface area contributed by atoms with Crippen LogP contribution in [0.1, 0.15) is 71.6 Å². The molecule has 2 aliphatic carbocycles. The fraction of sp³-hybridized carbons (Fsp3) is 1.00. The van der Waals surface area contributed by atoms with Crippen LogP contribution in [0.5, 0.6) is 0 Å². The molecule has 0 aliphatic heterocycles. The number of hydrogen-bond donors (Lipinski definition) is 1. The summed E-state index contributed by atoms with van der Waals surface area (Å²) in [4.78, 5) is 2.71. The fourth-order valence-corrected chi connectivity index (χ4v) is 4.17. The van der Waals surface area contributed by atoms with Gasteiger partial charge >= 0.3 is 0 Å². The quantitative estimate of drug-likeness (QED) is 0.721. The molecule has 2 heteroatoms. The highest BCUT2D eigenvalue weighted by atomic mass is 15.2. The number of hydrogen-bond acceptors (Lipinski definition) is 2. The zero-order valence-corrected chi connectivity index (χ0v) is 14.0. The Morgan fingerprint density at radius 2 is 1.80 bits per heavy atom. The molecule has 20 heavy (non-hydrogen) atoms. The van der Waals surface area contributed by atoms with Crippen molar-refractivity contribution in [3.8, 4) is 0 Å². The van der Waals surface area contributed by atoms with Crippen LogP contribution in [-0.4, -0.2) is 37.1 Å². The van der Waals surface area contributed by atoms with Crippen molar-refractivity contribution in [2.75, 3.05) is 20.1 Å². The molecule has 2 nitrogen and oxygen atoms in total. The number of nitrogens with zero attached hydrogens (tertiary/aromatic N) is 1. The van der Waals surface area contributed by atoms with E-state index in [4.69, 9.17) is 0 Å². The second-order valence-corrected chi connectivity index (χ2v) is 7.33. The molecule has 0 radical (unpaired) electrons. The monoisotopic (exact) mass is 280 g/mol. The van der Waals surface area contributed by atoms with Crippen LogP contribution in [0.4, 0.5) is 0 Å². The van der Waals surface area contributed by atoms with Gasteiger partial charge in [0.1, 0.15) is 0 Å². The average Bonchev–Trinajstić information content (AvgIpc) is 2.41. The molecule has 0 aromatic heterocycles. The van der Waals surface area contributed by atoms with E-state index in [0.29, 0.717) is 0 Å². The summed E-state index contributed by atoms with van der Waals surface area (Å²) in [5.41, 5.74) is 0. The first kappa shape index (κ1) is 16.3. The van der Waals surface area contributed by atoms with E-state index in [1.54, 1.807) is 0 Å². The van der Waals surface area contributed by atoms with Crippen LogP contribution in [0.15, 0.2) is 0 Å². The van der Waals surface area contributed by atoms with Gasteiger partial charge < -0.3 is 10.2 Å². The Morgan fingerprint density at radius 3 is 2.40 bits per heavy atom. The van der Waals surface area contributed by atoms with Gasteiger partial charge in [-0.15, -0.1) is 0 Å². The van der Waals surface area contributed by atoms with E-state index in [9.17, 15) is 0 Å². The van der Waals surface area contributed by atoms with Gasteiger partial charge in [0.2, 0.25) is 0 Å². The van der Waals surface area contributed by atoms with Crippen LogP contribution in [0.25, 0.3) is 0 Å². The Balaban J connectivity index is 1.88. The van der Waals surface area contributed by atoms with Crippen LogP contribution in [0, 0.1) is 11.8 Å². The Morgan fingerprint density at radius 1 is 1.00 bits per heavy atom. The highest BCUT2D eigenvalue weighted by Crippen LogP contribution is 2.33. The third-order valence-corrected chi connectivity index (χ3v) is 5.62. The van der Waals surface area contributed by atoms with E-state index in [1.165, 1.54) is 70.9 Å². The van der Waals surface area contributed by atoms with E-state index < -0.39 is 0 Å². The highest BCUT2D eigenvalue weighted by molar-refractivity contribution is 4.91. The van der Waals surface area contributed by atoms with Gasteiger partial charge in [0.15, 0.2) is 0 Å². The molecule has 1 N–H and O–H groups in total. The summed E-state index contributed by atoms with van der Waals surface area (Å²) in [6.07, 6.45) is 12.7. The Kier molecular flexibility index (Phi) is 6.83. The van der Waals surface area contributed by atoms with Gasteiger partial charge in [0.05, 0.1) is 0 Å². The molecule has 0 aromatic rings. The Hall–Kier alpha value is -0.0800. The van der Waals surface area contributed by atoms with Gasteiger partial charge in [-0.2, -0.15) is 0 Å². The Bertz CT molecular complexity index is 262. The first-order valence-corrected chi connectivity index (χ1v) is 9.18. The lowest BCUT2D eigenvalue weighted by molar-refractivity contribution is 0.0869. The molecule has 2 rings (SSSR count). The van der Waals surface area contributed by atoms with Crippen LogP contribution in [0.2, 0.25) is 0 Å². The summed E-state index contributed by atoms with van der Waals surface area (Å²) in [5, 5.41) is 3.83. The van der Waals surface area contributed by atoms with Crippen molar-refractivity contribution in [2.24, 2.45) is 11.8 Å². The van der Waals surface area contributed by atoms with Gasteiger partial charge in [-0.05, 0) is 64.0 Å². The topological polar surface area (TPSA) is 15.3 Å². The summed E-state index contributed by atoms with van der Waals surface area (Å²) < 4.78 is 0. The number of likely N-dealkylation sites (N-methyl/N-ethyl adjacent to an activating group) is 1. The van der Waals surface area contributed by atoms with Crippen molar-refractivity contribution < 1.29 is 0 Å². The standard InChI is InChI=1S/C18H36N2/c1-4-7-15-10-11-17(19-12-5-2)18(13-15)20(3)14-16-8-6-9-16/h15-19H,4-14H2,1-3H3. The third-order valence-electron chi connectivity index (χ3n) is 5.62. The number of rotatable bonds is 8. The maximum absolute atomic E-state index is 3.83. The van der Waals surface area contributed by atoms with Crippen LogP contribution >= 0.6 is 0 Å². The van der Waals surface area contributed by atoms with Crippen LogP contribution in [0.3, 0.4) is 0 Å². The molecule has 0 spiro atoms. The van der Waals surface area contributed by atoms with Crippen molar-refractivity contribution in [2.45, 2.75) is 83.7 Å². The van der Waals surface area contributed by atoms with E-state index in [2.05, 4.69) is 31.1 Å². The smallest absolute Gasteiger partial charge is 0.0249 e. The molecule has 3 atom stereocenters. The first-order chi connectivity index (χ1) is 9.74. The molecule has 2 saturated carbocycles. The van der Waals surface area contributed by atoms with E-state index >= 15 is 0 Å². The summed E-state index contributed by atoms with van der Waals surface area (Å²) >= 11 is 0.